The maximum atomic E-state index is 14.2. The lowest BCUT2D eigenvalue weighted by molar-refractivity contribution is 0.247. The molecule has 0 bridgehead atoms. The second-order valence-electron chi connectivity index (χ2n) is 9.07. The fraction of sp³-hybridized carbons (Fsp3) is 0.375. The fourth-order valence-electron chi connectivity index (χ4n) is 5.07. The summed E-state index contributed by atoms with van der Waals surface area (Å²) in [5.74, 6) is 6.65. The molecule has 13 heteroatoms. The minimum absolute atomic E-state index is 0.173. The Morgan fingerprint density at radius 1 is 1.11 bits per heavy atom. The number of imidazole rings is 1. The van der Waals surface area contributed by atoms with Crippen molar-refractivity contribution in [2.75, 3.05) is 49.3 Å². The molecule has 194 valence electrons. The molecule has 6 rings (SSSR count). The summed E-state index contributed by atoms with van der Waals surface area (Å²) in [7, 11) is 0. The lowest BCUT2D eigenvalue weighted by Crippen LogP contribution is -2.47. The lowest BCUT2D eigenvalue weighted by Gasteiger charge is -2.36. The molecule has 0 aliphatic carbocycles. The van der Waals surface area contributed by atoms with Gasteiger partial charge in [0.1, 0.15) is 29.7 Å². The summed E-state index contributed by atoms with van der Waals surface area (Å²) in [6.07, 6.45) is 1.58. The Labute approximate surface area is 210 Å². The van der Waals surface area contributed by atoms with Crippen LogP contribution in [0.5, 0.6) is 0 Å². The summed E-state index contributed by atoms with van der Waals surface area (Å²) in [5.41, 5.74) is 1.44. The van der Waals surface area contributed by atoms with E-state index in [2.05, 4.69) is 9.89 Å². The summed E-state index contributed by atoms with van der Waals surface area (Å²) in [6, 6.07) is 7.26. The number of hydrogen-bond donors (Lipinski definition) is 1. The van der Waals surface area contributed by atoms with E-state index in [-0.39, 0.29) is 12.4 Å². The predicted molar refractivity (Wildman–Crippen MR) is 134 cm³/mol. The topological polar surface area (TPSA) is 105 Å². The standard InChI is InChI=1S/C24H27F2N9O2/c1-2-34-24(36)32(12-9-30-7-10-31(11-8-30)18-6-5-16(25)14-17(18)26)23-29-22-21(35(23)34)20(28-15-33(22)27)19-4-3-13-37-19/h3-6,13-14H,2,7-12,15,27H2,1H3. The Morgan fingerprint density at radius 2 is 1.92 bits per heavy atom. The van der Waals surface area contributed by atoms with Gasteiger partial charge in [0, 0.05) is 51.9 Å². The second kappa shape index (κ2) is 9.16. The normalized spacial score (nSPS) is 16.5. The SMILES string of the molecule is CCn1c(=O)n(CCN2CCN(c3ccc(F)cc3F)CC2)c2nc3c(n21)C(c1ccco1)=NCN3N. The summed E-state index contributed by atoms with van der Waals surface area (Å²) in [6.45, 7) is 6.18. The van der Waals surface area contributed by atoms with Gasteiger partial charge in [-0.15, -0.1) is 0 Å². The number of fused-ring (bicyclic) bond motifs is 3. The van der Waals surface area contributed by atoms with Crippen molar-refractivity contribution in [2.45, 2.75) is 20.0 Å². The van der Waals surface area contributed by atoms with E-state index in [1.54, 1.807) is 26.1 Å². The van der Waals surface area contributed by atoms with Gasteiger partial charge in [-0.05, 0) is 31.2 Å². The van der Waals surface area contributed by atoms with Gasteiger partial charge in [-0.3, -0.25) is 19.5 Å². The zero-order valence-corrected chi connectivity index (χ0v) is 20.3. The van der Waals surface area contributed by atoms with Crippen LogP contribution in [0, 0.1) is 11.6 Å². The molecule has 2 aliphatic rings. The van der Waals surface area contributed by atoms with Crippen LogP contribution in [-0.4, -0.2) is 68.8 Å². The van der Waals surface area contributed by atoms with E-state index < -0.39 is 11.6 Å². The lowest BCUT2D eigenvalue weighted by atomic mass is 10.2. The van der Waals surface area contributed by atoms with Crippen molar-refractivity contribution in [1.82, 2.24) is 23.6 Å². The third kappa shape index (κ3) is 3.90. The third-order valence-electron chi connectivity index (χ3n) is 6.95. The molecule has 0 amide bonds. The number of furan rings is 1. The number of anilines is 2. The fourth-order valence-corrected chi connectivity index (χ4v) is 5.07. The zero-order chi connectivity index (χ0) is 25.7. The van der Waals surface area contributed by atoms with E-state index in [1.807, 2.05) is 17.9 Å². The number of aliphatic imine (C=N–C) groups is 1. The number of rotatable bonds is 6. The molecule has 1 aromatic carbocycles. The van der Waals surface area contributed by atoms with Gasteiger partial charge in [0.05, 0.1) is 12.0 Å². The van der Waals surface area contributed by atoms with Crippen LogP contribution in [0.15, 0.2) is 50.8 Å². The molecule has 1 saturated heterocycles. The van der Waals surface area contributed by atoms with Gasteiger partial charge in [-0.1, -0.05) is 0 Å². The van der Waals surface area contributed by atoms with E-state index in [0.29, 0.717) is 80.3 Å². The summed E-state index contributed by atoms with van der Waals surface area (Å²) < 4.78 is 38.1. The molecule has 37 heavy (non-hydrogen) atoms. The molecule has 5 heterocycles. The molecule has 4 aromatic rings. The van der Waals surface area contributed by atoms with Crippen molar-refractivity contribution in [1.29, 1.82) is 0 Å². The predicted octanol–water partition coefficient (Wildman–Crippen LogP) is 1.50. The number of hydrogen-bond acceptors (Lipinski definition) is 8. The number of nitrogens with zero attached hydrogens (tertiary/aromatic N) is 8. The van der Waals surface area contributed by atoms with Crippen molar-refractivity contribution < 1.29 is 13.2 Å². The molecule has 11 nitrogen and oxygen atoms in total. The Morgan fingerprint density at radius 3 is 2.62 bits per heavy atom. The van der Waals surface area contributed by atoms with E-state index in [9.17, 15) is 13.6 Å². The van der Waals surface area contributed by atoms with Crippen LogP contribution in [0.25, 0.3) is 5.78 Å². The van der Waals surface area contributed by atoms with Gasteiger partial charge >= 0.3 is 5.69 Å². The molecule has 3 aromatic heterocycles. The van der Waals surface area contributed by atoms with Crippen molar-refractivity contribution in [3.05, 3.63) is 70.2 Å². The number of aromatic nitrogens is 4. The molecule has 2 N–H and O–H groups in total. The second-order valence-corrected chi connectivity index (χ2v) is 9.07. The summed E-state index contributed by atoms with van der Waals surface area (Å²) >= 11 is 0. The maximum absolute atomic E-state index is 14.2. The molecule has 0 radical (unpaired) electrons. The van der Waals surface area contributed by atoms with Gasteiger partial charge in [-0.25, -0.2) is 28.6 Å². The van der Waals surface area contributed by atoms with E-state index in [4.69, 9.17) is 15.2 Å². The van der Waals surface area contributed by atoms with Crippen molar-refractivity contribution in [2.24, 2.45) is 10.8 Å². The van der Waals surface area contributed by atoms with Gasteiger partial charge in [0.15, 0.2) is 11.6 Å². The molecule has 0 spiro atoms. The van der Waals surface area contributed by atoms with Crippen molar-refractivity contribution in [3.63, 3.8) is 0 Å². The Kier molecular flexibility index (Phi) is 5.80. The van der Waals surface area contributed by atoms with Crippen LogP contribution in [0.3, 0.4) is 0 Å². The Balaban J connectivity index is 1.25. The number of piperazine rings is 1. The molecule has 2 aliphatic heterocycles. The first kappa shape index (κ1) is 23.4. The van der Waals surface area contributed by atoms with Gasteiger partial charge in [-0.2, -0.15) is 4.98 Å². The van der Waals surface area contributed by atoms with Crippen LogP contribution in [0.2, 0.25) is 0 Å². The van der Waals surface area contributed by atoms with Gasteiger partial charge in [0.2, 0.25) is 5.78 Å². The molecular weight excluding hydrogens is 484 g/mol. The van der Waals surface area contributed by atoms with E-state index in [1.165, 1.54) is 17.1 Å². The van der Waals surface area contributed by atoms with Crippen LogP contribution in [0.4, 0.5) is 20.3 Å². The number of halogens is 2. The quantitative estimate of drug-likeness (QED) is 0.391. The van der Waals surface area contributed by atoms with Gasteiger partial charge in [0.25, 0.3) is 0 Å². The molecule has 0 atom stereocenters. The van der Waals surface area contributed by atoms with Gasteiger partial charge < -0.3 is 9.32 Å². The third-order valence-corrected chi connectivity index (χ3v) is 6.95. The Hall–Kier alpha value is -3.97. The van der Waals surface area contributed by atoms with Crippen molar-refractivity contribution in [3.8, 4) is 0 Å². The number of aryl methyl sites for hydroxylation is 1. The Bertz CT molecular complexity index is 1530. The van der Waals surface area contributed by atoms with Crippen LogP contribution < -0.4 is 21.4 Å². The largest absolute Gasteiger partial charge is 0.463 e. The summed E-state index contributed by atoms with van der Waals surface area (Å²) in [5, 5.41) is 1.46. The first-order valence-electron chi connectivity index (χ1n) is 12.2. The average molecular weight is 512 g/mol. The number of benzene rings is 1. The van der Waals surface area contributed by atoms with Crippen LogP contribution in [0.1, 0.15) is 18.4 Å². The minimum Gasteiger partial charge on any atom is -0.463 e. The highest BCUT2D eigenvalue weighted by atomic mass is 19.1. The summed E-state index contributed by atoms with van der Waals surface area (Å²) in [4.78, 5) is 26.8. The first-order chi connectivity index (χ1) is 18.0. The average Bonchev–Trinajstić information content (AvgIpc) is 3.61. The molecule has 0 unspecified atom stereocenters. The number of nitrogens with two attached hydrogens (primary N) is 1. The van der Waals surface area contributed by atoms with E-state index in [0.717, 1.165) is 6.07 Å². The maximum Gasteiger partial charge on any atom is 0.346 e. The minimum atomic E-state index is -0.586. The highest BCUT2D eigenvalue weighted by Gasteiger charge is 2.31. The highest BCUT2D eigenvalue weighted by Crippen LogP contribution is 2.27. The smallest absolute Gasteiger partial charge is 0.346 e. The van der Waals surface area contributed by atoms with Crippen LogP contribution in [-0.2, 0) is 13.1 Å². The highest BCUT2D eigenvalue weighted by molar-refractivity contribution is 6.14. The number of hydrazine groups is 1. The molecule has 0 saturated carbocycles. The van der Waals surface area contributed by atoms with Crippen LogP contribution >= 0.6 is 0 Å². The first-order valence-corrected chi connectivity index (χ1v) is 12.2. The van der Waals surface area contributed by atoms with Crippen molar-refractivity contribution >= 4 is 23.0 Å². The molecular formula is C24H27F2N9O2. The molecule has 1 fully saturated rings. The van der Waals surface area contributed by atoms with E-state index >= 15 is 0 Å². The monoisotopic (exact) mass is 511 g/mol. The zero-order valence-electron chi connectivity index (χ0n) is 20.3.